The molecule has 4 nitrogen and oxygen atoms in total. The molecule has 0 radical (unpaired) electrons. The van der Waals surface area contributed by atoms with Gasteiger partial charge in [0.1, 0.15) is 0 Å². The highest BCUT2D eigenvalue weighted by Crippen LogP contribution is 2.21. The number of hydrogen-bond donors (Lipinski definition) is 2. The third-order valence-electron chi connectivity index (χ3n) is 4.02. The van der Waals surface area contributed by atoms with E-state index in [0.717, 1.165) is 38.2 Å². The van der Waals surface area contributed by atoms with Crippen molar-refractivity contribution in [2.75, 3.05) is 18.8 Å². The molecule has 0 saturated carbocycles. The number of anilines is 1. The third kappa shape index (κ3) is 5.02. The van der Waals surface area contributed by atoms with Gasteiger partial charge in [-0.15, -0.1) is 0 Å². The molecule has 3 N–H and O–H groups in total. The monoisotopic (exact) mass is 303 g/mol. The second kappa shape index (κ2) is 6.69. The van der Waals surface area contributed by atoms with Crippen LogP contribution in [0.25, 0.3) is 0 Å². The van der Waals surface area contributed by atoms with Gasteiger partial charge < -0.3 is 11.1 Å². The normalized spacial score (nSPS) is 17.5. The summed E-state index contributed by atoms with van der Waals surface area (Å²) >= 11 is 0. The molecule has 0 aromatic heterocycles. The zero-order valence-electron chi connectivity index (χ0n) is 14.3. The van der Waals surface area contributed by atoms with Gasteiger partial charge in [-0.3, -0.25) is 9.69 Å². The van der Waals surface area contributed by atoms with E-state index in [2.05, 4.69) is 23.2 Å². The number of nitrogens with one attached hydrogen (secondary N) is 1. The summed E-state index contributed by atoms with van der Waals surface area (Å²) in [6, 6.07) is 6.23. The number of nitrogens with two attached hydrogens (primary N) is 1. The van der Waals surface area contributed by atoms with Crippen molar-refractivity contribution in [3.05, 3.63) is 29.3 Å². The van der Waals surface area contributed by atoms with E-state index in [1.54, 1.807) is 0 Å². The van der Waals surface area contributed by atoms with Gasteiger partial charge in [0.05, 0.1) is 0 Å². The van der Waals surface area contributed by atoms with Crippen molar-refractivity contribution in [3.8, 4) is 0 Å². The summed E-state index contributed by atoms with van der Waals surface area (Å²) < 4.78 is 0. The minimum Gasteiger partial charge on any atom is -0.399 e. The summed E-state index contributed by atoms with van der Waals surface area (Å²) in [5.41, 5.74) is 9.06. The van der Waals surface area contributed by atoms with Gasteiger partial charge in [0.15, 0.2) is 0 Å². The molecule has 1 aliphatic heterocycles. The van der Waals surface area contributed by atoms with Crippen molar-refractivity contribution in [1.29, 1.82) is 0 Å². The van der Waals surface area contributed by atoms with E-state index >= 15 is 0 Å². The maximum atomic E-state index is 12.2. The van der Waals surface area contributed by atoms with E-state index in [1.807, 2.05) is 32.9 Å². The first kappa shape index (κ1) is 16.8. The lowest BCUT2D eigenvalue weighted by molar-refractivity contribution is -0.127. The van der Waals surface area contributed by atoms with Crippen molar-refractivity contribution in [2.24, 2.45) is 5.92 Å². The number of amides is 1. The molecule has 1 fully saturated rings. The van der Waals surface area contributed by atoms with Crippen LogP contribution in [0.5, 0.6) is 0 Å². The largest absolute Gasteiger partial charge is 0.399 e. The molecule has 1 amide bonds. The van der Waals surface area contributed by atoms with Crippen LogP contribution < -0.4 is 11.1 Å². The number of carbonyl (C=O) groups is 1. The maximum absolute atomic E-state index is 12.2. The average molecular weight is 303 g/mol. The fraction of sp³-hybridized carbons (Fsp3) is 0.611. The Balaban J connectivity index is 1.86. The summed E-state index contributed by atoms with van der Waals surface area (Å²) in [4.78, 5) is 14.6. The molecule has 4 heteroatoms. The summed E-state index contributed by atoms with van der Waals surface area (Å²) in [6.07, 6.45) is 1.87. The molecule has 1 aromatic carbocycles. The van der Waals surface area contributed by atoms with E-state index in [9.17, 15) is 4.79 Å². The Labute approximate surface area is 134 Å². The van der Waals surface area contributed by atoms with Crippen LogP contribution in [-0.4, -0.2) is 29.4 Å². The van der Waals surface area contributed by atoms with Crippen LogP contribution in [0, 0.1) is 12.8 Å². The van der Waals surface area contributed by atoms with Crippen LogP contribution in [0.15, 0.2) is 18.2 Å². The second-order valence-electron chi connectivity index (χ2n) is 7.54. The van der Waals surface area contributed by atoms with E-state index in [-0.39, 0.29) is 17.4 Å². The van der Waals surface area contributed by atoms with E-state index in [0.29, 0.717) is 0 Å². The SMILES string of the molecule is Cc1cc(N)cc(CN2CCC(C(=O)NC(C)(C)C)CC2)c1. The molecule has 1 saturated heterocycles. The average Bonchev–Trinajstić information content (AvgIpc) is 2.36. The number of nitrogens with zero attached hydrogens (tertiary/aromatic N) is 1. The van der Waals surface area contributed by atoms with Gasteiger partial charge in [-0.25, -0.2) is 0 Å². The minimum atomic E-state index is -0.146. The summed E-state index contributed by atoms with van der Waals surface area (Å²) in [5.74, 6) is 0.352. The highest BCUT2D eigenvalue weighted by Gasteiger charge is 2.27. The highest BCUT2D eigenvalue weighted by molar-refractivity contribution is 5.79. The first-order valence-electron chi connectivity index (χ1n) is 8.13. The highest BCUT2D eigenvalue weighted by atomic mass is 16.2. The fourth-order valence-electron chi connectivity index (χ4n) is 3.07. The van der Waals surface area contributed by atoms with E-state index < -0.39 is 0 Å². The quantitative estimate of drug-likeness (QED) is 0.844. The van der Waals surface area contributed by atoms with Crippen LogP contribution in [0.3, 0.4) is 0 Å². The first-order valence-corrected chi connectivity index (χ1v) is 8.13. The Morgan fingerprint density at radius 1 is 1.27 bits per heavy atom. The molecule has 1 aromatic rings. The predicted octanol–water partition coefficient (Wildman–Crippen LogP) is 2.70. The lowest BCUT2D eigenvalue weighted by Gasteiger charge is -2.33. The number of rotatable bonds is 3. The summed E-state index contributed by atoms with van der Waals surface area (Å²) in [5, 5.41) is 3.09. The lowest BCUT2D eigenvalue weighted by atomic mass is 9.94. The number of carbonyl (C=O) groups excluding carboxylic acids is 1. The second-order valence-corrected chi connectivity index (χ2v) is 7.54. The summed E-state index contributed by atoms with van der Waals surface area (Å²) in [7, 11) is 0. The van der Waals surface area contributed by atoms with Crippen molar-refractivity contribution >= 4 is 11.6 Å². The molecule has 122 valence electrons. The molecule has 0 aliphatic carbocycles. The van der Waals surface area contributed by atoms with Crippen molar-refractivity contribution < 1.29 is 4.79 Å². The van der Waals surface area contributed by atoms with Gasteiger partial charge in [-0.05, 0) is 76.9 Å². The number of piperidine rings is 1. The van der Waals surface area contributed by atoms with Crippen molar-refractivity contribution in [2.45, 2.75) is 52.6 Å². The van der Waals surface area contributed by atoms with Gasteiger partial charge in [0.2, 0.25) is 5.91 Å². The Morgan fingerprint density at radius 2 is 1.91 bits per heavy atom. The lowest BCUT2D eigenvalue weighted by Crippen LogP contribution is -2.46. The number of aryl methyl sites for hydroxylation is 1. The molecule has 1 aliphatic rings. The molecular formula is C18H29N3O. The van der Waals surface area contributed by atoms with Crippen LogP contribution in [0.2, 0.25) is 0 Å². The Hall–Kier alpha value is -1.55. The Bertz CT molecular complexity index is 505. The molecule has 0 spiro atoms. The van der Waals surface area contributed by atoms with Crippen LogP contribution in [-0.2, 0) is 11.3 Å². The molecule has 0 bridgehead atoms. The van der Waals surface area contributed by atoms with Gasteiger partial charge >= 0.3 is 0 Å². The number of likely N-dealkylation sites (tertiary alicyclic amines) is 1. The van der Waals surface area contributed by atoms with E-state index in [1.165, 1.54) is 11.1 Å². The number of benzene rings is 1. The molecule has 1 heterocycles. The predicted molar refractivity (Wildman–Crippen MR) is 91.5 cm³/mol. The van der Waals surface area contributed by atoms with Gasteiger partial charge in [0.25, 0.3) is 0 Å². The minimum absolute atomic E-state index is 0.146. The number of nitrogen functional groups attached to an aromatic ring is 1. The molecule has 0 unspecified atom stereocenters. The molecule has 2 rings (SSSR count). The maximum Gasteiger partial charge on any atom is 0.223 e. The van der Waals surface area contributed by atoms with Gasteiger partial charge in [0, 0.05) is 23.7 Å². The van der Waals surface area contributed by atoms with Crippen molar-refractivity contribution in [3.63, 3.8) is 0 Å². The van der Waals surface area contributed by atoms with Crippen LogP contribution in [0.4, 0.5) is 5.69 Å². The molecule has 22 heavy (non-hydrogen) atoms. The van der Waals surface area contributed by atoms with Crippen LogP contribution in [0.1, 0.15) is 44.7 Å². The molecule has 0 atom stereocenters. The van der Waals surface area contributed by atoms with Gasteiger partial charge in [-0.1, -0.05) is 6.07 Å². The zero-order chi connectivity index (χ0) is 16.3. The topological polar surface area (TPSA) is 58.4 Å². The Kier molecular flexibility index (Phi) is 5.12. The van der Waals surface area contributed by atoms with Gasteiger partial charge in [-0.2, -0.15) is 0 Å². The molecular weight excluding hydrogens is 274 g/mol. The summed E-state index contributed by atoms with van der Waals surface area (Å²) in [6.45, 7) is 11.0. The standard InChI is InChI=1S/C18H29N3O/c1-13-9-14(11-16(19)10-13)12-21-7-5-15(6-8-21)17(22)20-18(2,3)4/h9-11,15H,5-8,12,19H2,1-4H3,(H,20,22). The van der Waals surface area contributed by atoms with Crippen LogP contribution >= 0.6 is 0 Å². The first-order chi connectivity index (χ1) is 10.2. The zero-order valence-corrected chi connectivity index (χ0v) is 14.3. The van der Waals surface area contributed by atoms with E-state index in [4.69, 9.17) is 5.73 Å². The fourth-order valence-corrected chi connectivity index (χ4v) is 3.07. The smallest absolute Gasteiger partial charge is 0.223 e. The third-order valence-corrected chi connectivity index (χ3v) is 4.02. The van der Waals surface area contributed by atoms with Crippen molar-refractivity contribution in [1.82, 2.24) is 10.2 Å². The number of hydrogen-bond acceptors (Lipinski definition) is 3. The Morgan fingerprint density at radius 3 is 2.45 bits per heavy atom.